The van der Waals surface area contributed by atoms with Gasteiger partial charge in [-0.15, -0.1) is 10.2 Å². The molecule has 2 fully saturated rings. The lowest BCUT2D eigenvalue weighted by atomic mass is 9.68. The standard InChI is InChI=1S/C27H31FN4O2/c1-26-9-10-27(2,16-26)15-19(14-26)32(3)24-8-7-21(30-31-24)20-6-5-17(11-22(20)33)18-12-23(28)29-25(13-18)34-4/h5-8,11-13,19,33H,9-10,14-16H2,1-4H3/t19-,26-,27+. The van der Waals surface area contributed by atoms with Crippen molar-refractivity contribution < 1.29 is 14.2 Å². The molecular formula is C27H31FN4O2. The quantitative estimate of drug-likeness (QED) is 0.479. The maximum atomic E-state index is 13.8. The Hall–Kier alpha value is -3.22. The number of hydrogen-bond donors (Lipinski definition) is 1. The van der Waals surface area contributed by atoms with Gasteiger partial charge < -0.3 is 14.7 Å². The molecule has 0 amide bonds. The fourth-order valence-electron chi connectivity index (χ4n) is 6.16. The van der Waals surface area contributed by atoms with Crippen LogP contribution in [0.2, 0.25) is 0 Å². The molecule has 0 saturated heterocycles. The summed E-state index contributed by atoms with van der Waals surface area (Å²) in [4.78, 5) is 5.94. The van der Waals surface area contributed by atoms with Gasteiger partial charge in [0.15, 0.2) is 5.82 Å². The predicted octanol–water partition coefficient (Wildman–Crippen LogP) is 5.85. The van der Waals surface area contributed by atoms with Crippen LogP contribution in [0.25, 0.3) is 22.4 Å². The molecule has 2 aliphatic rings. The van der Waals surface area contributed by atoms with Crippen LogP contribution in [0.4, 0.5) is 10.2 Å². The first-order valence-corrected chi connectivity index (χ1v) is 11.8. The molecule has 2 saturated carbocycles. The Morgan fingerprint density at radius 2 is 1.74 bits per heavy atom. The van der Waals surface area contributed by atoms with Crippen molar-refractivity contribution in [1.29, 1.82) is 0 Å². The van der Waals surface area contributed by atoms with Crippen LogP contribution in [0.5, 0.6) is 11.6 Å². The van der Waals surface area contributed by atoms with Crippen molar-refractivity contribution in [3.63, 3.8) is 0 Å². The van der Waals surface area contributed by atoms with E-state index in [1.807, 2.05) is 18.2 Å². The van der Waals surface area contributed by atoms with Gasteiger partial charge in [0, 0.05) is 30.8 Å². The van der Waals surface area contributed by atoms with E-state index in [1.54, 1.807) is 18.2 Å². The van der Waals surface area contributed by atoms with Crippen LogP contribution in [0, 0.1) is 16.8 Å². The predicted molar refractivity (Wildman–Crippen MR) is 130 cm³/mol. The van der Waals surface area contributed by atoms with Gasteiger partial charge in [-0.1, -0.05) is 19.9 Å². The molecule has 2 heterocycles. The minimum absolute atomic E-state index is 0.0498. The number of anilines is 1. The van der Waals surface area contributed by atoms with E-state index in [0.717, 1.165) is 5.82 Å². The molecule has 0 aliphatic heterocycles. The summed E-state index contributed by atoms with van der Waals surface area (Å²) in [6.45, 7) is 4.85. The average molecular weight is 463 g/mol. The number of phenolic OH excluding ortho intramolecular Hbond substituents is 1. The minimum atomic E-state index is -0.641. The van der Waals surface area contributed by atoms with Crippen molar-refractivity contribution in [2.45, 2.75) is 52.0 Å². The maximum Gasteiger partial charge on any atom is 0.216 e. The van der Waals surface area contributed by atoms with Crippen LogP contribution in [0.1, 0.15) is 46.0 Å². The molecule has 2 bridgehead atoms. The molecular weight excluding hydrogens is 431 g/mol. The van der Waals surface area contributed by atoms with Crippen molar-refractivity contribution in [2.24, 2.45) is 10.8 Å². The third-order valence-electron chi connectivity index (χ3n) is 7.79. The molecule has 2 aliphatic carbocycles. The van der Waals surface area contributed by atoms with E-state index in [2.05, 4.69) is 41.0 Å². The highest BCUT2D eigenvalue weighted by molar-refractivity contribution is 5.74. The minimum Gasteiger partial charge on any atom is -0.507 e. The number of methoxy groups -OCH3 is 1. The van der Waals surface area contributed by atoms with Crippen molar-refractivity contribution in [2.75, 3.05) is 19.1 Å². The van der Waals surface area contributed by atoms with Gasteiger partial charge in [0.05, 0.1) is 12.8 Å². The first-order valence-electron chi connectivity index (χ1n) is 11.8. The molecule has 3 atom stereocenters. The SMILES string of the molecule is COc1cc(-c2ccc(-c3ccc(N(C)[C@H]4C[C@]5(C)CC[C@](C)(C4)C5)nn3)c(O)c2)cc(F)n1. The van der Waals surface area contributed by atoms with E-state index in [4.69, 9.17) is 4.74 Å². The summed E-state index contributed by atoms with van der Waals surface area (Å²) in [5, 5.41) is 19.6. The number of fused-ring (bicyclic) bond motifs is 2. The fourth-order valence-corrected chi connectivity index (χ4v) is 6.16. The number of benzene rings is 1. The first kappa shape index (κ1) is 22.6. The van der Waals surface area contributed by atoms with Gasteiger partial charge in [-0.25, -0.2) is 0 Å². The Balaban J connectivity index is 1.36. The smallest absolute Gasteiger partial charge is 0.216 e. The zero-order chi connectivity index (χ0) is 24.1. The molecule has 3 aromatic rings. The summed E-state index contributed by atoms with van der Waals surface area (Å²) in [5.74, 6) is 0.432. The summed E-state index contributed by atoms with van der Waals surface area (Å²) >= 11 is 0. The third kappa shape index (κ3) is 4.19. The van der Waals surface area contributed by atoms with E-state index in [9.17, 15) is 9.50 Å². The average Bonchev–Trinajstić information content (AvgIpc) is 3.04. The van der Waals surface area contributed by atoms with Gasteiger partial charge in [0.25, 0.3) is 0 Å². The highest BCUT2D eigenvalue weighted by Crippen LogP contribution is 2.58. The Morgan fingerprint density at radius 1 is 1.00 bits per heavy atom. The molecule has 0 radical (unpaired) electrons. The summed E-state index contributed by atoms with van der Waals surface area (Å²) < 4.78 is 18.8. The lowest BCUT2D eigenvalue weighted by molar-refractivity contribution is 0.148. The van der Waals surface area contributed by atoms with Gasteiger partial charge >= 0.3 is 0 Å². The Morgan fingerprint density at radius 3 is 2.35 bits per heavy atom. The van der Waals surface area contributed by atoms with E-state index in [-0.39, 0.29) is 11.6 Å². The Kier molecular flexibility index (Phi) is 5.46. The molecule has 0 spiro atoms. The zero-order valence-electron chi connectivity index (χ0n) is 20.2. The van der Waals surface area contributed by atoms with E-state index < -0.39 is 5.95 Å². The van der Waals surface area contributed by atoms with Crippen molar-refractivity contribution in [3.05, 3.63) is 48.4 Å². The second-order valence-corrected chi connectivity index (χ2v) is 10.7. The number of aromatic hydroxyl groups is 1. The van der Waals surface area contributed by atoms with Crippen LogP contribution in [-0.4, -0.2) is 40.5 Å². The molecule has 178 valence electrons. The number of rotatable bonds is 5. The molecule has 1 aromatic carbocycles. The highest BCUT2D eigenvalue weighted by atomic mass is 19.1. The second-order valence-electron chi connectivity index (χ2n) is 10.7. The number of halogens is 1. The van der Waals surface area contributed by atoms with Gasteiger partial charge in [0.2, 0.25) is 11.8 Å². The van der Waals surface area contributed by atoms with Crippen molar-refractivity contribution in [1.82, 2.24) is 15.2 Å². The summed E-state index contributed by atoms with van der Waals surface area (Å²) in [6.07, 6.45) is 6.32. The third-order valence-corrected chi connectivity index (χ3v) is 7.79. The lowest BCUT2D eigenvalue weighted by Gasteiger charge is -2.44. The number of hydrogen-bond acceptors (Lipinski definition) is 6. The van der Waals surface area contributed by atoms with Gasteiger partial charge in [-0.05, 0) is 78.3 Å². The molecule has 2 aromatic heterocycles. The number of nitrogens with zero attached hydrogens (tertiary/aromatic N) is 4. The van der Waals surface area contributed by atoms with Gasteiger partial charge in [-0.2, -0.15) is 9.37 Å². The van der Waals surface area contributed by atoms with Crippen LogP contribution in [0.15, 0.2) is 42.5 Å². The highest BCUT2D eigenvalue weighted by Gasteiger charge is 2.50. The summed E-state index contributed by atoms with van der Waals surface area (Å²) in [5.41, 5.74) is 3.23. The topological polar surface area (TPSA) is 71.4 Å². The van der Waals surface area contributed by atoms with Gasteiger partial charge in [-0.3, -0.25) is 0 Å². The monoisotopic (exact) mass is 462 g/mol. The number of ether oxygens (including phenoxy) is 1. The van der Waals surface area contributed by atoms with E-state index in [0.29, 0.717) is 39.3 Å². The van der Waals surface area contributed by atoms with Crippen LogP contribution in [0.3, 0.4) is 0 Å². The molecule has 6 nitrogen and oxygen atoms in total. The normalized spacial score (nSPS) is 25.9. The zero-order valence-corrected chi connectivity index (χ0v) is 20.2. The Labute approximate surface area is 199 Å². The van der Waals surface area contributed by atoms with Crippen LogP contribution < -0.4 is 9.64 Å². The maximum absolute atomic E-state index is 13.8. The van der Waals surface area contributed by atoms with Crippen molar-refractivity contribution >= 4 is 5.82 Å². The summed E-state index contributed by atoms with van der Waals surface area (Å²) in [7, 11) is 3.55. The molecule has 0 unspecified atom stereocenters. The molecule has 7 heteroatoms. The van der Waals surface area contributed by atoms with E-state index >= 15 is 0 Å². The fraction of sp³-hybridized carbons (Fsp3) is 0.444. The first-order chi connectivity index (χ1) is 16.2. The Bertz CT molecular complexity index is 1200. The molecule has 34 heavy (non-hydrogen) atoms. The lowest BCUT2D eigenvalue weighted by Crippen LogP contribution is -2.42. The van der Waals surface area contributed by atoms with Crippen molar-refractivity contribution in [3.8, 4) is 34.0 Å². The van der Waals surface area contributed by atoms with Gasteiger partial charge in [0.1, 0.15) is 5.75 Å². The molecule has 1 N–H and O–H groups in total. The van der Waals surface area contributed by atoms with Crippen LogP contribution >= 0.6 is 0 Å². The second kappa shape index (κ2) is 8.22. The largest absolute Gasteiger partial charge is 0.507 e. The molecule has 5 rings (SSSR count). The number of pyridine rings is 1. The number of aromatic nitrogens is 3. The van der Waals surface area contributed by atoms with E-state index in [1.165, 1.54) is 45.3 Å². The van der Waals surface area contributed by atoms with Crippen LogP contribution in [-0.2, 0) is 0 Å². The number of phenols is 1. The summed E-state index contributed by atoms with van der Waals surface area (Å²) in [6, 6.07) is 12.4.